The van der Waals surface area contributed by atoms with Gasteiger partial charge in [0.05, 0.1) is 11.3 Å². The van der Waals surface area contributed by atoms with Crippen molar-refractivity contribution in [2.75, 3.05) is 23.8 Å². The van der Waals surface area contributed by atoms with E-state index in [1.165, 1.54) is 0 Å². The fourth-order valence-electron chi connectivity index (χ4n) is 4.72. The Balaban J connectivity index is 2.12. The number of aldehydes is 1. The first-order chi connectivity index (χ1) is 16.1. The van der Waals surface area contributed by atoms with Crippen LogP contribution in [0.2, 0.25) is 10.0 Å². The van der Waals surface area contributed by atoms with Crippen molar-refractivity contribution >= 4 is 52.6 Å². The van der Waals surface area contributed by atoms with Crippen molar-refractivity contribution in [1.82, 2.24) is 5.32 Å². The van der Waals surface area contributed by atoms with E-state index in [9.17, 15) is 14.4 Å². The molecule has 1 atom stereocenters. The monoisotopic (exact) mass is 499 g/mol. The van der Waals surface area contributed by atoms with Gasteiger partial charge in [0.1, 0.15) is 0 Å². The number of aryl methyl sites for hydroxylation is 1. The number of amides is 1. The number of anilines is 2. The zero-order chi connectivity index (χ0) is 24.8. The molecule has 1 aliphatic heterocycles. The normalized spacial score (nSPS) is 20.7. The van der Waals surface area contributed by atoms with Crippen LogP contribution in [-0.4, -0.2) is 31.6 Å². The van der Waals surface area contributed by atoms with Gasteiger partial charge in [-0.2, -0.15) is 0 Å². The highest BCUT2D eigenvalue weighted by molar-refractivity contribution is 6.31. The van der Waals surface area contributed by atoms with E-state index in [2.05, 4.69) is 10.6 Å². The van der Waals surface area contributed by atoms with Crippen LogP contribution in [0.3, 0.4) is 0 Å². The number of rotatable bonds is 8. The van der Waals surface area contributed by atoms with E-state index in [1.807, 2.05) is 26.8 Å². The van der Waals surface area contributed by atoms with Gasteiger partial charge in [-0.25, -0.2) is 0 Å². The SMILES string of the molecule is CCN/C(C=O)=C(\C(=O)C1(C)CC1)C1(N(C)c2cc(Cl)ccc2C)C(=O)Nc2cc(Cl)ccc21. The van der Waals surface area contributed by atoms with Gasteiger partial charge in [-0.15, -0.1) is 0 Å². The minimum atomic E-state index is -1.61. The van der Waals surface area contributed by atoms with E-state index in [1.54, 1.807) is 42.3 Å². The van der Waals surface area contributed by atoms with Crippen molar-refractivity contribution in [3.8, 4) is 0 Å². The topological polar surface area (TPSA) is 78.5 Å². The fraction of sp³-hybridized carbons (Fsp3) is 0.346. The molecule has 178 valence electrons. The Morgan fingerprint density at radius 1 is 1.18 bits per heavy atom. The molecule has 2 N–H and O–H groups in total. The quantitative estimate of drug-likeness (QED) is 0.393. The van der Waals surface area contributed by atoms with Crippen LogP contribution in [0.1, 0.15) is 37.8 Å². The van der Waals surface area contributed by atoms with Gasteiger partial charge in [0.15, 0.2) is 17.6 Å². The van der Waals surface area contributed by atoms with E-state index >= 15 is 0 Å². The Kier molecular flexibility index (Phi) is 6.25. The lowest BCUT2D eigenvalue weighted by Crippen LogP contribution is -2.54. The molecular formula is C26H27Cl2N3O3. The zero-order valence-electron chi connectivity index (χ0n) is 19.6. The summed E-state index contributed by atoms with van der Waals surface area (Å²) in [6.07, 6.45) is 2.02. The van der Waals surface area contributed by atoms with Crippen molar-refractivity contribution in [1.29, 1.82) is 0 Å². The lowest BCUT2D eigenvalue weighted by atomic mass is 9.75. The third-order valence-electron chi connectivity index (χ3n) is 6.88. The number of allylic oxidation sites excluding steroid dienone is 1. The highest BCUT2D eigenvalue weighted by Gasteiger charge is 2.60. The van der Waals surface area contributed by atoms with Crippen LogP contribution in [0, 0.1) is 12.3 Å². The zero-order valence-corrected chi connectivity index (χ0v) is 21.1. The van der Waals surface area contributed by atoms with Crippen molar-refractivity contribution in [3.63, 3.8) is 0 Å². The molecule has 2 aliphatic rings. The van der Waals surface area contributed by atoms with E-state index < -0.39 is 16.9 Å². The Labute approximate surface area is 209 Å². The van der Waals surface area contributed by atoms with Crippen LogP contribution in [-0.2, 0) is 19.9 Å². The third-order valence-corrected chi connectivity index (χ3v) is 7.35. The predicted molar refractivity (Wildman–Crippen MR) is 135 cm³/mol. The molecule has 6 nitrogen and oxygen atoms in total. The number of benzene rings is 2. The molecule has 8 heteroatoms. The second kappa shape index (κ2) is 8.75. The molecule has 0 saturated heterocycles. The number of hydrogen-bond donors (Lipinski definition) is 2. The standard InChI is InChI=1S/C26H27Cl2N3O3/c1-5-29-20(14-32)22(23(33)25(3)10-11-25)26(31(4)21-13-17(28)7-6-15(21)2)18-9-8-16(27)12-19(18)30-24(26)34/h6-9,12-14,29H,5,10-11H2,1-4H3,(H,30,34)/b22-20+. The van der Waals surface area contributed by atoms with Crippen molar-refractivity contribution in [2.24, 2.45) is 5.41 Å². The minimum absolute atomic E-state index is 0.102. The van der Waals surface area contributed by atoms with Crippen molar-refractivity contribution < 1.29 is 14.4 Å². The van der Waals surface area contributed by atoms with Gasteiger partial charge >= 0.3 is 0 Å². The van der Waals surface area contributed by atoms with Gasteiger partial charge in [-0.1, -0.05) is 42.3 Å². The Morgan fingerprint density at radius 2 is 1.82 bits per heavy atom. The van der Waals surface area contributed by atoms with Gasteiger partial charge in [-0.05, 0) is 56.5 Å². The summed E-state index contributed by atoms with van der Waals surface area (Å²) in [5.74, 6) is -0.656. The molecule has 1 fully saturated rings. The van der Waals surface area contributed by atoms with Gasteiger partial charge in [0, 0.05) is 46.0 Å². The maximum atomic E-state index is 14.1. The van der Waals surface area contributed by atoms with Crippen molar-refractivity contribution in [2.45, 2.75) is 39.2 Å². The van der Waals surface area contributed by atoms with Gasteiger partial charge in [-0.3, -0.25) is 14.4 Å². The maximum Gasteiger partial charge on any atom is 0.259 e. The summed E-state index contributed by atoms with van der Waals surface area (Å²) in [5, 5.41) is 6.90. The Morgan fingerprint density at radius 3 is 2.44 bits per heavy atom. The van der Waals surface area contributed by atoms with Gasteiger partial charge in [0.2, 0.25) is 0 Å². The second-order valence-corrected chi connectivity index (χ2v) is 10.0. The molecule has 1 amide bonds. The number of hydrogen-bond acceptors (Lipinski definition) is 5. The van der Waals surface area contributed by atoms with Gasteiger partial charge in [0.25, 0.3) is 5.91 Å². The molecule has 2 aromatic carbocycles. The number of fused-ring (bicyclic) bond motifs is 1. The molecule has 0 radical (unpaired) electrons. The smallest absolute Gasteiger partial charge is 0.259 e. The number of ketones is 1. The Hall–Kier alpha value is -2.83. The highest BCUT2D eigenvalue weighted by Crippen LogP contribution is 2.55. The Bertz CT molecular complexity index is 1240. The molecule has 1 heterocycles. The van der Waals surface area contributed by atoms with Crippen LogP contribution in [0.4, 0.5) is 11.4 Å². The number of nitrogens with one attached hydrogen (secondary N) is 2. The summed E-state index contributed by atoms with van der Waals surface area (Å²) in [6, 6.07) is 10.5. The summed E-state index contributed by atoms with van der Waals surface area (Å²) in [6.45, 7) is 6.03. The van der Waals surface area contributed by atoms with Crippen LogP contribution in [0.15, 0.2) is 47.7 Å². The summed E-state index contributed by atoms with van der Waals surface area (Å²) in [5.41, 5.74) is 0.559. The maximum absolute atomic E-state index is 14.1. The van der Waals surface area contributed by atoms with Crippen LogP contribution >= 0.6 is 23.2 Å². The van der Waals surface area contributed by atoms with E-state index in [-0.39, 0.29) is 17.1 Å². The number of Topliss-reactive ketones (excluding diaryl/α,β-unsaturated/α-hetero) is 1. The number of carbonyl (C=O) groups is 3. The second-order valence-electron chi connectivity index (χ2n) is 9.17. The number of carbonyl (C=O) groups excluding carboxylic acids is 3. The summed E-state index contributed by atoms with van der Waals surface area (Å²) >= 11 is 12.6. The average Bonchev–Trinajstić information content (AvgIpc) is 3.49. The molecule has 0 spiro atoms. The third kappa shape index (κ3) is 3.69. The first kappa shape index (κ1) is 24.3. The number of likely N-dealkylation sites (N-methyl/N-ethyl adjacent to an activating group) is 2. The fourth-order valence-corrected chi connectivity index (χ4v) is 5.06. The van der Waals surface area contributed by atoms with E-state index in [0.717, 1.165) is 5.56 Å². The molecule has 1 unspecified atom stereocenters. The molecule has 0 bridgehead atoms. The molecule has 1 saturated carbocycles. The molecule has 4 rings (SSSR count). The van der Waals surface area contributed by atoms with Crippen LogP contribution in [0.5, 0.6) is 0 Å². The summed E-state index contributed by atoms with van der Waals surface area (Å²) in [7, 11) is 1.75. The highest BCUT2D eigenvalue weighted by atomic mass is 35.5. The minimum Gasteiger partial charge on any atom is -0.382 e. The van der Waals surface area contributed by atoms with Crippen LogP contribution in [0.25, 0.3) is 0 Å². The number of halogens is 2. The first-order valence-corrected chi connectivity index (χ1v) is 12.0. The van der Waals surface area contributed by atoms with Crippen LogP contribution < -0.4 is 15.5 Å². The lowest BCUT2D eigenvalue weighted by molar-refractivity contribution is -0.125. The lowest BCUT2D eigenvalue weighted by Gasteiger charge is -2.42. The molecule has 1 aliphatic carbocycles. The molecule has 0 aromatic heterocycles. The first-order valence-electron chi connectivity index (χ1n) is 11.2. The largest absolute Gasteiger partial charge is 0.382 e. The number of nitrogens with zero attached hydrogens (tertiary/aromatic N) is 1. The van der Waals surface area contributed by atoms with E-state index in [0.29, 0.717) is 52.7 Å². The predicted octanol–water partition coefficient (Wildman–Crippen LogP) is 5.02. The average molecular weight is 500 g/mol. The summed E-state index contributed by atoms with van der Waals surface area (Å²) in [4.78, 5) is 42.3. The molecule has 34 heavy (non-hydrogen) atoms. The summed E-state index contributed by atoms with van der Waals surface area (Å²) < 4.78 is 0. The van der Waals surface area contributed by atoms with Crippen molar-refractivity contribution in [3.05, 3.63) is 68.8 Å². The van der Waals surface area contributed by atoms with Gasteiger partial charge < -0.3 is 15.5 Å². The molecule has 2 aromatic rings. The molecular weight excluding hydrogens is 473 g/mol. The van der Waals surface area contributed by atoms with E-state index in [4.69, 9.17) is 23.2 Å².